The Hall–Kier alpha value is -0.480. The summed E-state index contributed by atoms with van der Waals surface area (Å²) in [6.45, 7) is 2.15. The fourth-order valence-corrected chi connectivity index (χ4v) is 5.26. The molecule has 0 amide bonds. The second-order valence-corrected chi connectivity index (χ2v) is 9.65. The molecule has 21 heavy (non-hydrogen) atoms. The topological polar surface area (TPSA) is 83.5 Å². The third kappa shape index (κ3) is 3.84. The first-order chi connectivity index (χ1) is 9.73. The number of hydrogen-bond acceptors (Lipinski definition) is 5. The Morgan fingerprint density at radius 3 is 2.52 bits per heavy atom. The van der Waals surface area contributed by atoms with E-state index in [1.807, 2.05) is 0 Å². The van der Waals surface area contributed by atoms with Crippen LogP contribution in [0.15, 0.2) is 32.5 Å². The van der Waals surface area contributed by atoms with Gasteiger partial charge in [-0.15, -0.1) is 0 Å². The van der Waals surface area contributed by atoms with E-state index in [4.69, 9.17) is 0 Å². The van der Waals surface area contributed by atoms with Crippen LogP contribution in [0, 0.1) is 0 Å². The van der Waals surface area contributed by atoms with Gasteiger partial charge in [-0.05, 0) is 47.1 Å². The van der Waals surface area contributed by atoms with E-state index in [-0.39, 0.29) is 9.79 Å². The highest BCUT2D eigenvalue weighted by Crippen LogP contribution is 2.28. The Morgan fingerprint density at radius 1 is 1.14 bits per heavy atom. The molecule has 0 bridgehead atoms. The molecule has 1 aliphatic rings. The molecule has 0 spiro atoms. The Balaban J connectivity index is 2.48. The Morgan fingerprint density at radius 2 is 1.86 bits per heavy atom. The van der Waals surface area contributed by atoms with Gasteiger partial charge in [0, 0.05) is 30.4 Å². The van der Waals surface area contributed by atoms with Crippen molar-refractivity contribution in [1.82, 2.24) is 9.62 Å². The zero-order valence-electron chi connectivity index (χ0n) is 11.5. The largest absolute Gasteiger partial charge is 0.315 e. The van der Waals surface area contributed by atoms with E-state index in [9.17, 15) is 16.8 Å². The van der Waals surface area contributed by atoms with Crippen molar-refractivity contribution in [3.05, 3.63) is 22.7 Å². The number of rotatable bonds is 3. The van der Waals surface area contributed by atoms with Crippen LogP contribution in [-0.2, 0) is 19.9 Å². The molecule has 1 N–H and O–H groups in total. The normalized spacial score (nSPS) is 18.4. The van der Waals surface area contributed by atoms with Crippen LogP contribution in [0.25, 0.3) is 0 Å². The van der Waals surface area contributed by atoms with E-state index in [0.717, 1.165) is 19.2 Å². The second-order valence-electron chi connectivity index (χ2n) is 4.87. The molecule has 0 unspecified atom stereocenters. The number of nitrogens with zero attached hydrogens (tertiary/aromatic N) is 1. The van der Waals surface area contributed by atoms with Gasteiger partial charge in [0.15, 0.2) is 9.84 Å². The molecule has 1 saturated heterocycles. The Kier molecular flexibility index (Phi) is 5.09. The lowest BCUT2D eigenvalue weighted by molar-refractivity contribution is 0.431. The van der Waals surface area contributed by atoms with Gasteiger partial charge in [0.2, 0.25) is 10.0 Å². The van der Waals surface area contributed by atoms with Crippen molar-refractivity contribution in [3.63, 3.8) is 0 Å². The van der Waals surface area contributed by atoms with Crippen molar-refractivity contribution in [2.75, 3.05) is 32.4 Å². The summed E-state index contributed by atoms with van der Waals surface area (Å²) in [5.41, 5.74) is 0. The van der Waals surface area contributed by atoms with Gasteiger partial charge >= 0.3 is 0 Å². The highest BCUT2D eigenvalue weighted by molar-refractivity contribution is 9.10. The van der Waals surface area contributed by atoms with E-state index >= 15 is 0 Å². The van der Waals surface area contributed by atoms with E-state index < -0.39 is 19.9 Å². The fraction of sp³-hybridized carbons (Fsp3) is 0.500. The van der Waals surface area contributed by atoms with Crippen LogP contribution in [0.1, 0.15) is 6.42 Å². The molecule has 2 rings (SSSR count). The lowest BCUT2D eigenvalue weighted by atomic mass is 10.4. The van der Waals surface area contributed by atoms with Crippen molar-refractivity contribution in [2.24, 2.45) is 0 Å². The van der Waals surface area contributed by atoms with Crippen LogP contribution in [0.3, 0.4) is 0 Å². The third-order valence-electron chi connectivity index (χ3n) is 3.25. The van der Waals surface area contributed by atoms with Crippen molar-refractivity contribution in [2.45, 2.75) is 16.2 Å². The summed E-state index contributed by atoms with van der Waals surface area (Å²) in [5, 5.41) is 3.14. The average Bonchev–Trinajstić information content (AvgIpc) is 2.66. The maximum atomic E-state index is 12.7. The van der Waals surface area contributed by atoms with Gasteiger partial charge in [-0.2, -0.15) is 4.31 Å². The number of benzene rings is 1. The fourth-order valence-electron chi connectivity index (χ4n) is 2.11. The molecule has 6 nitrogen and oxygen atoms in total. The van der Waals surface area contributed by atoms with Crippen LogP contribution in [0.4, 0.5) is 0 Å². The maximum absolute atomic E-state index is 12.7. The zero-order chi connectivity index (χ0) is 15.7. The van der Waals surface area contributed by atoms with Crippen molar-refractivity contribution >= 4 is 35.8 Å². The van der Waals surface area contributed by atoms with Crippen molar-refractivity contribution in [3.8, 4) is 0 Å². The van der Waals surface area contributed by atoms with Gasteiger partial charge in [-0.25, -0.2) is 16.8 Å². The first kappa shape index (κ1) is 16.9. The van der Waals surface area contributed by atoms with Crippen molar-refractivity contribution < 1.29 is 16.8 Å². The Labute approximate surface area is 133 Å². The van der Waals surface area contributed by atoms with E-state index in [0.29, 0.717) is 24.1 Å². The SMILES string of the molecule is CS(=O)(=O)c1ccc(Br)c(S(=O)(=O)N2CCCNCC2)c1. The van der Waals surface area contributed by atoms with Crippen LogP contribution in [0.2, 0.25) is 0 Å². The van der Waals surface area contributed by atoms with Gasteiger partial charge in [0.25, 0.3) is 0 Å². The predicted molar refractivity (Wildman–Crippen MR) is 83.5 cm³/mol. The minimum absolute atomic E-state index is 0.00257. The molecule has 0 atom stereocenters. The van der Waals surface area contributed by atoms with Crippen LogP contribution < -0.4 is 5.32 Å². The second kappa shape index (κ2) is 6.33. The smallest absolute Gasteiger partial charge is 0.244 e. The van der Waals surface area contributed by atoms with Gasteiger partial charge < -0.3 is 5.32 Å². The van der Waals surface area contributed by atoms with Crippen LogP contribution in [-0.4, -0.2) is 53.6 Å². The summed E-state index contributed by atoms with van der Waals surface area (Å²) in [5.74, 6) is 0. The van der Waals surface area contributed by atoms with Crippen LogP contribution in [0.5, 0.6) is 0 Å². The molecular weight excluding hydrogens is 380 g/mol. The van der Waals surface area contributed by atoms with Gasteiger partial charge in [-0.3, -0.25) is 0 Å². The number of nitrogens with one attached hydrogen (secondary N) is 1. The first-order valence-electron chi connectivity index (χ1n) is 6.43. The van der Waals surface area contributed by atoms with E-state index in [1.165, 1.54) is 22.5 Å². The number of sulfonamides is 1. The lowest BCUT2D eigenvalue weighted by Crippen LogP contribution is -2.34. The van der Waals surface area contributed by atoms with Gasteiger partial charge in [0.05, 0.1) is 9.79 Å². The number of hydrogen-bond donors (Lipinski definition) is 1. The van der Waals surface area contributed by atoms with Gasteiger partial charge in [-0.1, -0.05) is 0 Å². The summed E-state index contributed by atoms with van der Waals surface area (Å²) >= 11 is 3.20. The lowest BCUT2D eigenvalue weighted by Gasteiger charge is -2.20. The molecule has 0 aliphatic carbocycles. The van der Waals surface area contributed by atoms with Crippen LogP contribution >= 0.6 is 15.9 Å². The third-order valence-corrected chi connectivity index (χ3v) is 7.25. The van der Waals surface area contributed by atoms with E-state index in [2.05, 4.69) is 21.2 Å². The van der Waals surface area contributed by atoms with Gasteiger partial charge in [0.1, 0.15) is 0 Å². The molecule has 1 heterocycles. The average molecular weight is 397 g/mol. The number of halogens is 1. The molecule has 9 heteroatoms. The minimum Gasteiger partial charge on any atom is -0.315 e. The minimum atomic E-state index is -3.72. The maximum Gasteiger partial charge on any atom is 0.244 e. The van der Waals surface area contributed by atoms with E-state index in [1.54, 1.807) is 0 Å². The highest BCUT2D eigenvalue weighted by atomic mass is 79.9. The molecule has 1 aromatic rings. The highest BCUT2D eigenvalue weighted by Gasteiger charge is 2.28. The summed E-state index contributed by atoms with van der Waals surface area (Å²) < 4.78 is 50.4. The summed E-state index contributed by atoms with van der Waals surface area (Å²) in [4.78, 5) is -0.00968. The summed E-state index contributed by atoms with van der Waals surface area (Å²) in [6.07, 6.45) is 1.78. The monoisotopic (exact) mass is 396 g/mol. The molecular formula is C12H17BrN2O4S2. The summed E-state index contributed by atoms with van der Waals surface area (Å²) in [7, 11) is -7.17. The molecule has 1 aromatic carbocycles. The standard InChI is InChI=1S/C12H17BrN2O4S2/c1-20(16,17)10-3-4-11(13)12(9-10)21(18,19)15-7-2-5-14-6-8-15/h3-4,9,14H,2,5-8H2,1H3. The quantitative estimate of drug-likeness (QED) is 0.817. The molecule has 0 radical (unpaired) electrons. The molecule has 1 aliphatic heterocycles. The zero-order valence-corrected chi connectivity index (χ0v) is 14.8. The molecule has 1 fully saturated rings. The van der Waals surface area contributed by atoms with Crippen molar-refractivity contribution in [1.29, 1.82) is 0 Å². The summed E-state index contributed by atoms with van der Waals surface area (Å²) in [6, 6.07) is 4.06. The molecule has 118 valence electrons. The Bertz CT molecular complexity index is 724. The predicted octanol–water partition coefficient (Wildman–Crippen LogP) is 0.837. The first-order valence-corrected chi connectivity index (χ1v) is 10.6. The molecule has 0 aromatic heterocycles. The molecule has 0 saturated carbocycles. The number of sulfone groups is 1.